The molecule has 3 atom stereocenters. The van der Waals surface area contributed by atoms with E-state index in [9.17, 15) is 19.6 Å². The number of carboxylic acid groups (broad SMARTS) is 1. The monoisotopic (exact) mass is 325 g/mol. The Kier molecular flexibility index (Phi) is 3.80. The van der Waals surface area contributed by atoms with Crippen LogP contribution in [0.25, 0.3) is 0 Å². The Morgan fingerprint density at radius 1 is 1.57 bits per heavy atom. The first-order valence-electron chi connectivity index (χ1n) is 7.50. The lowest BCUT2D eigenvalue weighted by Gasteiger charge is -2.50. The largest absolute Gasteiger partial charge is 0.754 e. The van der Waals surface area contributed by atoms with E-state index in [-0.39, 0.29) is 24.3 Å². The van der Waals surface area contributed by atoms with E-state index in [0.717, 1.165) is 6.07 Å². The number of fused-ring (bicyclic) bond motifs is 1. The predicted molar refractivity (Wildman–Crippen MR) is 82.2 cm³/mol. The molecule has 3 rings (SSSR count). The third-order valence-corrected chi connectivity index (χ3v) is 4.47. The number of hydrogen-bond acceptors (Lipinski definition) is 5. The van der Waals surface area contributed by atoms with Gasteiger partial charge in [-0.2, -0.15) is 4.39 Å². The number of hydrogen-bond donors (Lipinski definition) is 1. The lowest BCUT2D eigenvalue weighted by atomic mass is 10.1. The summed E-state index contributed by atoms with van der Waals surface area (Å²) in [5, 5.41) is 35.6. The third kappa shape index (κ3) is 2.29. The Morgan fingerprint density at radius 2 is 2.22 bits per heavy atom. The fourth-order valence-corrected chi connectivity index (χ4v) is 3.38. The Bertz CT molecular complexity index is 649. The fourth-order valence-electron chi connectivity index (χ4n) is 3.38. The zero-order valence-electron chi connectivity index (χ0n) is 12.9. The number of anilines is 1. The maximum atomic E-state index is 14.7. The second-order valence-electron chi connectivity index (χ2n) is 6.34. The van der Waals surface area contributed by atoms with Gasteiger partial charge < -0.3 is 30.0 Å². The minimum Gasteiger partial charge on any atom is -0.754 e. The second-order valence-corrected chi connectivity index (χ2v) is 6.34. The summed E-state index contributed by atoms with van der Waals surface area (Å²) in [6.45, 7) is 3.85. The molecule has 2 unspecified atom stereocenters. The van der Waals surface area contributed by atoms with E-state index in [4.69, 9.17) is 9.84 Å². The molecule has 7 nitrogen and oxygen atoms in total. The number of rotatable bonds is 4. The molecule has 2 heterocycles. The van der Waals surface area contributed by atoms with Crippen molar-refractivity contribution in [3.63, 3.8) is 0 Å². The normalized spacial score (nSPS) is 29.6. The summed E-state index contributed by atoms with van der Waals surface area (Å²) in [5.74, 6) is -2.94. The molecule has 1 N–H and O–H groups in total. The maximum absolute atomic E-state index is 14.7. The molecular weight excluding hydrogens is 307 g/mol. The van der Waals surface area contributed by atoms with Gasteiger partial charge in [-0.25, -0.2) is 4.79 Å². The number of benzene rings is 1. The second kappa shape index (κ2) is 5.41. The van der Waals surface area contributed by atoms with Crippen molar-refractivity contribution in [3.05, 3.63) is 33.9 Å². The van der Waals surface area contributed by atoms with Gasteiger partial charge in [-0.15, -0.1) is 0 Å². The van der Waals surface area contributed by atoms with Crippen molar-refractivity contribution in [2.45, 2.75) is 32.5 Å². The van der Waals surface area contributed by atoms with Gasteiger partial charge in [0.15, 0.2) is 11.9 Å². The number of halogens is 1. The first-order chi connectivity index (χ1) is 10.8. The Balaban J connectivity index is 2.16. The van der Waals surface area contributed by atoms with Crippen LogP contribution in [-0.4, -0.2) is 36.5 Å². The van der Waals surface area contributed by atoms with Crippen molar-refractivity contribution < 1.29 is 19.0 Å². The molecule has 0 saturated carbocycles. The van der Waals surface area contributed by atoms with Crippen LogP contribution in [-0.2, 0) is 4.74 Å². The summed E-state index contributed by atoms with van der Waals surface area (Å²) < 4.78 is 18.8. The van der Waals surface area contributed by atoms with Gasteiger partial charge in [0, 0.05) is 18.9 Å². The summed E-state index contributed by atoms with van der Waals surface area (Å²) in [7, 11) is 0. The third-order valence-electron chi connectivity index (χ3n) is 4.47. The summed E-state index contributed by atoms with van der Waals surface area (Å²) in [4.78, 5) is 11.2. The minimum absolute atomic E-state index is 0.0967. The highest BCUT2D eigenvalue weighted by Crippen LogP contribution is 2.49. The van der Waals surface area contributed by atoms with E-state index in [1.165, 1.54) is 6.07 Å². The molecular formula is C15H18FN2O5-. The SMILES string of the molecule is CC(C)C1N([O-])c2ccc(C(=O)O)c(F)c2[N+]1([O-])C[C@@H]1CCO1. The zero-order valence-corrected chi connectivity index (χ0v) is 12.9. The highest BCUT2D eigenvalue weighted by molar-refractivity contribution is 5.92. The number of carboxylic acids is 1. The average molecular weight is 325 g/mol. The number of aromatic carboxylic acids is 1. The molecule has 0 spiro atoms. The maximum Gasteiger partial charge on any atom is 0.338 e. The van der Waals surface area contributed by atoms with Crippen LogP contribution in [0.3, 0.4) is 0 Å². The van der Waals surface area contributed by atoms with Gasteiger partial charge in [0.2, 0.25) is 5.82 Å². The Morgan fingerprint density at radius 3 is 2.70 bits per heavy atom. The van der Waals surface area contributed by atoms with Crippen molar-refractivity contribution in [1.82, 2.24) is 4.65 Å². The van der Waals surface area contributed by atoms with E-state index in [2.05, 4.69) is 0 Å². The van der Waals surface area contributed by atoms with E-state index in [1.807, 2.05) is 0 Å². The molecule has 0 bridgehead atoms. The van der Waals surface area contributed by atoms with Crippen molar-refractivity contribution in [2.24, 2.45) is 5.92 Å². The van der Waals surface area contributed by atoms with Crippen LogP contribution in [0, 0.1) is 22.1 Å². The highest BCUT2D eigenvalue weighted by atomic mass is 19.1. The van der Waals surface area contributed by atoms with Gasteiger partial charge in [-0.3, -0.25) is 0 Å². The van der Waals surface area contributed by atoms with Crippen LogP contribution in [0.4, 0.5) is 15.8 Å². The van der Waals surface area contributed by atoms with Gasteiger partial charge in [-0.1, -0.05) is 13.8 Å². The number of hydroxylamine groups is 3. The van der Waals surface area contributed by atoms with E-state index < -0.39 is 33.8 Å². The van der Waals surface area contributed by atoms with Crippen molar-refractivity contribution in [2.75, 3.05) is 18.2 Å². The molecule has 2 aliphatic heterocycles. The predicted octanol–water partition coefficient (Wildman–Crippen LogP) is 2.42. The molecule has 1 aromatic rings. The average Bonchev–Trinajstić information content (AvgIpc) is 2.63. The standard InChI is InChI=1S/C15H18FN2O5/c1-8(2)14-17(21)11-4-3-10(15(19)20)12(16)13(11)18(14,22)7-9-5-6-23-9/h3-4,8-9,14H,5-7H2,1-2H3,(H,19,20)/q-1/t9-,14?,18?/m0/s1. The molecule has 1 fully saturated rings. The van der Waals surface area contributed by atoms with E-state index >= 15 is 0 Å². The van der Waals surface area contributed by atoms with Gasteiger partial charge in [0.05, 0.1) is 5.69 Å². The number of quaternary nitrogens is 1. The lowest BCUT2D eigenvalue weighted by Crippen LogP contribution is -2.61. The zero-order chi connectivity index (χ0) is 16.9. The Hall–Kier alpha value is -1.74. The quantitative estimate of drug-likeness (QED) is 0.674. The summed E-state index contributed by atoms with van der Waals surface area (Å²) in [5.41, 5.74) is -1.09. The molecule has 0 radical (unpaired) electrons. The van der Waals surface area contributed by atoms with E-state index in [1.54, 1.807) is 13.8 Å². The molecule has 0 aliphatic carbocycles. The topological polar surface area (TPSA) is 95.9 Å². The smallest absolute Gasteiger partial charge is 0.338 e. The molecule has 126 valence electrons. The minimum atomic E-state index is -1.47. The number of ether oxygens (including phenoxy) is 1. The first kappa shape index (κ1) is 16.1. The van der Waals surface area contributed by atoms with Crippen LogP contribution in [0.5, 0.6) is 0 Å². The van der Waals surface area contributed by atoms with Crippen molar-refractivity contribution in [3.8, 4) is 0 Å². The van der Waals surface area contributed by atoms with Gasteiger partial charge >= 0.3 is 5.97 Å². The Labute approximate surface area is 132 Å². The highest BCUT2D eigenvalue weighted by Gasteiger charge is 2.48. The number of nitrogens with zero attached hydrogens (tertiary/aromatic N) is 2. The van der Waals surface area contributed by atoms with Crippen molar-refractivity contribution >= 4 is 17.3 Å². The van der Waals surface area contributed by atoms with Crippen LogP contribution < -0.4 is 9.71 Å². The fraction of sp³-hybridized carbons (Fsp3) is 0.533. The number of carbonyl (C=O) groups is 1. The van der Waals surface area contributed by atoms with Crippen LogP contribution in [0.15, 0.2) is 12.1 Å². The molecule has 23 heavy (non-hydrogen) atoms. The first-order valence-corrected chi connectivity index (χ1v) is 7.50. The summed E-state index contributed by atoms with van der Waals surface area (Å²) in [6, 6.07) is 2.23. The molecule has 1 aromatic carbocycles. The summed E-state index contributed by atoms with van der Waals surface area (Å²) >= 11 is 0. The molecule has 0 amide bonds. The van der Waals surface area contributed by atoms with E-state index in [0.29, 0.717) is 18.1 Å². The van der Waals surface area contributed by atoms with Crippen molar-refractivity contribution in [1.29, 1.82) is 0 Å². The van der Waals surface area contributed by atoms with Gasteiger partial charge in [0.25, 0.3) is 0 Å². The van der Waals surface area contributed by atoms with Gasteiger partial charge in [-0.05, 0) is 12.1 Å². The van der Waals surface area contributed by atoms with Crippen LogP contribution >= 0.6 is 0 Å². The van der Waals surface area contributed by atoms with Crippen LogP contribution in [0.2, 0.25) is 0 Å². The molecule has 1 saturated heterocycles. The lowest BCUT2D eigenvalue weighted by molar-refractivity contribution is -0.0645. The molecule has 8 heteroatoms. The summed E-state index contributed by atoms with van der Waals surface area (Å²) in [6.07, 6.45) is -0.740. The molecule has 0 aromatic heterocycles. The van der Waals surface area contributed by atoms with Crippen LogP contribution in [0.1, 0.15) is 30.6 Å². The molecule has 2 aliphatic rings. The van der Waals surface area contributed by atoms with Gasteiger partial charge in [0.1, 0.15) is 18.2 Å².